The lowest BCUT2D eigenvalue weighted by atomic mass is 10.1. The van der Waals surface area contributed by atoms with Gasteiger partial charge in [0.1, 0.15) is 5.82 Å². The summed E-state index contributed by atoms with van der Waals surface area (Å²) in [5, 5.41) is 2.46. The van der Waals surface area contributed by atoms with Crippen molar-refractivity contribution in [3.8, 4) is 0 Å². The predicted molar refractivity (Wildman–Crippen MR) is 54.8 cm³/mol. The number of nitrogens with one attached hydrogen (secondary N) is 1. The van der Waals surface area contributed by atoms with Crippen LogP contribution in [0.5, 0.6) is 0 Å². The number of rotatable bonds is 2. The molecule has 0 radical (unpaired) electrons. The molecule has 1 aromatic carbocycles. The van der Waals surface area contributed by atoms with Gasteiger partial charge < -0.3 is 3.83 Å². The highest BCUT2D eigenvalue weighted by molar-refractivity contribution is 9.06. The van der Waals surface area contributed by atoms with Crippen molar-refractivity contribution in [1.82, 2.24) is 0 Å². The van der Waals surface area contributed by atoms with Crippen LogP contribution in [0.25, 0.3) is 0 Å². The quantitative estimate of drug-likeness (QED) is 0.888. The summed E-state index contributed by atoms with van der Waals surface area (Å²) in [6.07, 6.45) is 0.00153. The molecule has 1 rings (SSSR count). The molecule has 5 heteroatoms. The summed E-state index contributed by atoms with van der Waals surface area (Å²) in [5.41, 5.74) is 1.28. The summed E-state index contributed by atoms with van der Waals surface area (Å²) in [6, 6.07) is 4.16. The van der Waals surface area contributed by atoms with E-state index in [1.54, 1.807) is 0 Å². The molecule has 1 aromatic rings. The zero-order valence-corrected chi connectivity index (χ0v) is 9.10. The van der Waals surface area contributed by atoms with Gasteiger partial charge in [-0.1, -0.05) is 6.92 Å². The van der Waals surface area contributed by atoms with Gasteiger partial charge in [0.2, 0.25) is 0 Å². The summed E-state index contributed by atoms with van der Waals surface area (Å²) < 4.78 is 17.1. The number of aryl methyl sites for hydroxylation is 1. The molecule has 0 aliphatic heterocycles. The van der Waals surface area contributed by atoms with Crippen LogP contribution >= 0.6 is 16.3 Å². The number of hydrogen-bond acceptors (Lipinski definition) is 2. The fourth-order valence-corrected chi connectivity index (χ4v) is 1.19. The number of carbonyl (C=O) groups is 1. The molecule has 0 heterocycles. The van der Waals surface area contributed by atoms with Crippen LogP contribution in [0.1, 0.15) is 12.5 Å². The predicted octanol–water partition coefficient (Wildman–Crippen LogP) is 3.25. The molecule has 1 N–H and O–H groups in total. The number of carbonyl (C=O) groups excluding carboxylic acids is 1. The van der Waals surface area contributed by atoms with Crippen molar-refractivity contribution in [2.45, 2.75) is 13.3 Å². The van der Waals surface area contributed by atoms with Crippen molar-refractivity contribution in [3.05, 3.63) is 29.6 Å². The average Bonchev–Trinajstić information content (AvgIpc) is 2.20. The Morgan fingerprint density at radius 3 is 2.93 bits per heavy atom. The number of amides is 1. The normalized spacial score (nSPS) is 9.64. The Bertz CT molecular complexity index is 344. The van der Waals surface area contributed by atoms with Crippen molar-refractivity contribution in [2.75, 3.05) is 5.32 Å². The number of halogens is 2. The maximum atomic E-state index is 12.8. The molecule has 0 aromatic heterocycles. The van der Waals surface area contributed by atoms with E-state index >= 15 is 0 Å². The van der Waals surface area contributed by atoms with Gasteiger partial charge in [-0.25, -0.2) is 9.18 Å². The van der Waals surface area contributed by atoms with Gasteiger partial charge in [0.25, 0.3) is 0 Å². The molecule has 0 unspecified atom stereocenters. The fraction of sp³-hybridized carbons (Fsp3) is 0.222. The minimum Gasteiger partial charge on any atom is -0.367 e. The minimum absolute atomic E-state index is 0.320. The average molecular weight is 262 g/mol. The third-order valence-corrected chi connectivity index (χ3v) is 2.05. The summed E-state index contributed by atoms with van der Waals surface area (Å²) in [5.74, 6) is -0.320. The Balaban J connectivity index is 2.90. The van der Waals surface area contributed by atoms with E-state index in [9.17, 15) is 9.18 Å². The Hall–Kier alpha value is -1.10. The Labute approximate surface area is 89.7 Å². The van der Waals surface area contributed by atoms with Crippen LogP contribution < -0.4 is 5.32 Å². The van der Waals surface area contributed by atoms with Crippen LogP contribution in [0.2, 0.25) is 0 Å². The third-order valence-electron chi connectivity index (χ3n) is 1.75. The molecule has 0 saturated heterocycles. The van der Waals surface area contributed by atoms with E-state index in [2.05, 4.69) is 25.4 Å². The van der Waals surface area contributed by atoms with Gasteiger partial charge in [-0.2, -0.15) is 0 Å². The van der Waals surface area contributed by atoms with Gasteiger partial charge in [0.15, 0.2) is 16.3 Å². The Morgan fingerprint density at radius 2 is 2.36 bits per heavy atom. The highest BCUT2D eigenvalue weighted by Gasteiger charge is 2.06. The van der Waals surface area contributed by atoms with Gasteiger partial charge in [-0.05, 0) is 30.2 Å². The fourth-order valence-electron chi connectivity index (χ4n) is 1.11. The lowest BCUT2D eigenvalue weighted by molar-refractivity contribution is 0.225. The number of anilines is 1. The summed E-state index contributed by atoms with van der Waals surface area (Å²) >= 11 is 2.55. The second kappa shape index (κ2) is 4.95. The second-order valence-electron chi connectivity index (χ2n) is 2.64. The van der Waals surface area contributed by atoms with Crippen LogP contribution in [0.4, 0.5) is 14.9 Å². The van der Waals surface area contributed by atoms with Crippen molar-refractivity contribution < 1.29 is 13.0 Å². The molecule has 0 fully saturated rings. The Morgan fingerprint density at radius 1 is 1.64 bits per heavy atom. The molecule has 0 saturated carbocycles. The largest absolute Gasteiger partial charge is 0.423 e. The van der Waals surface area contributed by atoms with Gasteiger partial charge >= 0.3 is 6.09 Å². The van der Waals surface area contributed by atoms with Crippen molar-refractivity contribution in [2.24, 2.45) is 0 Å². The highest BCUT2D eigenvalue weighted by Crippen LogP contribution is 2.17. The first kappa shape index (κ1) is 11.0. The van der Waals surface area contributed by atoms with Gasteiger partial charge in [0.05, 0.1) is 0 Å². The van der Waals surface area contributed by atoms with Crippen LogP contribution in [-0.4, -0.2) is 6.09 Å². The highest BCUT2D eigenvalue weighted by atomic mass is 79.9. The minimum atomic E-state index is -0.633. The zero-order valence-electron chi connectivity index (χ0n) is 7.51. The second-order valence-corrected chi connectivity index (χ2v) is 2.97. The van der Waals surface area contributed by atoms with E-state index in [1.165, 1.54) is 18.2 Å². The van der Waals surface area contributed by atoms with Gasteiger partial charge in [-0.15, -0.1) is 0 Å². The summed E-state index contributed by atoms with van der Waals surface area (Å²) in [7, 11) is 0. The maximum absolute atomic E-state index is 12.8. The number of hydrogen-bond donors (Lipinski definition) is 1. The smallest absolute Gasteiger partial charge is 0.367 e. The van der Waals surface area contributed by atoms with E-state index in [0.717, 1.165) is 5.56 Å². The Kier molecular flexibility index (Phi) is 3.88. The molecule has 1 amide bonds. The van der Waals surface area contributed by atoms with Crippen molar-refractivity contribution >= 4 is 28.0 Å². The first-order valence-electron chi connectivity index (χ1n) is 4.05. The molecular formula is C9H9BrFNO2. The SMILES string of the molecule is CCc1cc(F)ccc1NC(=O)OBr. The van der Waals surface area contributed by atoms with E-state index in [1.807, 2.05) is 6.92 Å². The third kappa shape index (κ3) is 2.70. The molecular weight excluding hydrogens is 253 g/mol. The van der Waals surface area contributed by atoms with E-state index in [0.29, 0.717) is 12.1 Å². The molecule has 0 bridgehead atoms. The van der Waals surface area contributed by atoms with E-state index < -0.39 is 6.09 Å². The van der Waals surface area contributed by atoms with Crippen LogP contribution in [0.15, 0.2) is 18.2 Å². The molecule has 14 heavy (non-hydrogen) atoms. The van der Waals surface area contributed by atoms with Crippen LogP contribution in [-0.2, 0) is 10.2 Å². The zero-order chi connectivity index (χ0) is 10.6. The first-order valence-corrected chi connectivity index (χ1v) is 4.70. The van der Waals surface area contributed by atoms with E-state index in [-0.39, 0.29) is 5.82 Å². The first-order chi connectivity index (χ1) is 6.67. The molecule has 0 aliphatic rings. The molecule has 0 spiro atoms. The number of benzene rings is 1. The summed E-state index contributed by atoms with van der Waals surface area (Å²) in [6.45, 7) is 1.87. The molecule has 0 atom stereocenters. The molecule has 76 valence electrons. The lowest BCUT2D eigenvalue weighted by Gasteiger charge is -2.07. The topological polar surface area (TPSA) is 38.3 Å². The van der Waals surface area contributed by atoms with Crippen molar-refractivity contribution in [3.63, 3.8) is 0 Å². The van der Waals surface area contributed by atoms with Crippen LogP contribution in [0, 0.1) is 5.82 Å². The maximum Gasteiger partial charge on any atom is 0.423 e. The van der Waals surface area contributed by atoms with Crippen LogP contribution in [0.3, 0.4) is 0 Å². The standard InChI is InChI=1S/C9H9BrFNO2/c1-2-6-5-7(11)3-4-8(6)12-9(13)14-10/h3-5H,2H2,1H3,(H,12,13). The molecule has 0 aliphatic carbocycles. The lowest BCUT2D eigenvalue weighted by Crippen LogP contribution is -2.10. The summed E-state index contributed by atoms with van der Waals surface area (Å²) in [4.78, 5) is 10.9. The van der Waals surface area contributed by atoms with Crippen molar-refractivity contribution in [1.29, 1.82) is 0 Å². The van der Waals surface area contributed by atoms with Gasteiger partial charge in [0, 0.05) is 5.69 Å². The van der Waals surface area contributed by atoms with Gasteiger partial charge in [-0.3, -0.25) is 5.32 Å². The van der Waals surface area contributed by atoms with E-state index in [4.69, 9.17) is 0 Å². The molecule has 3 nitrogen and oxygen atoms in total. The monoisotopic (exact) mass is 261 g/mol.